The standard InChI is InChI=1S/C23H18N4O12S2/c28-21-17(19(12-39-32)24-26(21)13-4-8-15(9-5-13)40(33,34)35)2-1-3-18-20(23(30)31)25-27(22(18)29)14-6-10-16(11-7-14)41(36,37)38/h1-11,24,32H,12H2,(H,30,31)(H,33,34,35)(H,36,37,38)/b2-1?,18-3-. The summed E-state index contributed by atoms with van der Waals surface area (Å²) in [4.78, 5) is 41.0. The normalized spacial score (nSPS) is 15.2. The molecule has 1 aromatic heterocycles. The second kappa shape index (κ2) is 11.0. The third-order valence-corrected chi connectivity index (χ3v) is 7.33. The molecule has 0 atom stereocenters. The molecular weight excluding hydrogens is 588 g/mol. The van der Waals surface area contributed by atoms with Crippen LogP contribution in [-0.2, 0) is 41.3 Å². The number of carboxylic acids is 1. The summed E-state index contributed by atoms with van der Waals surface area (Å²) < 4.78 is 64.3. The predicted octanol–water partition coefficient (Wildman–Crippen LogP) is 1.08. The highest BCUT2D eigenvalue weighted by molar-refractivity contribution is 7.86. The van der Waals surface area contributed by atoms with Crippen molar-refractivity contribution >= 4 is 49.6 Å². The number of carbonyl (C=O) groups excluding carboxylic acids is 1. The van der Waals surface area contributed by atoms with Crippen molar-refractivity contribution in [1.82, 2.24) is 9.78 Å². The number of rotatable bonds is 9. The minimum Gasteiger partial charge on any atom is -0.476 e. The lowest BCUT2D eigenvalue weighted by Gasteiger charge is -2.11. The molecule has 0 radical (unpaired) electrons. The lowest BCUT2D eigenvalue weighted by molar-refractivity contribution is -0.253. The summed E-state index contributed by atoms with van der Waals surface area (Å²) in [7, 11) is -8.98. The number of benzene rings is 2. The summed E-state index contributed by atoms with van der Waals surface area (Å²) in [6, 6.07) is 8.82. The van der Waals surface area contributed by atoms with Gasteiger partial charge in [-0.3, -0.25) is 29.1 Å². The molecule has 5 N–H and O–H groups in total. The second-order valence-electron chi connectivity index (χ2n) is 8.17. The summed E-state index contributed by atoms with van der Waals surface area (Å²) >= 11 is 0. The van der Waals surface area contributed by atoms with Gasteiger partial charge in [0.2, 0.25) is 0 Å². The zero-order valence-corrected chi connectivity index (χ0v) is 21.9. The quantitative estimate of drug-likeness (QED) is 0.0994. The minimum atomic E-state index is -4.51. The Kier molecular flexibility index (Phi) is 7.88. The number of nitrogens with zero attached hydrogens (tertiary/aromatic N) is 3. The number of allylic oxidation sites excluding steroid dienone is 2. The fraction of sp³-hybridized carbons (Fsp3) is 0.0435. The van der Waals surface area contributed by atoms with Gasteiger partial charge in [-0.15, -0.1) is 0 Å². The first-order valence-electron chi connectivity index (χ1n) is 11.0. The maximum Gasteiger partial charge on any atom is 0.357 e. The molecule has 0 saturated heterocycles. The lowest BCUT2D eigenvalue weighted by atomic mass is 10.1. The molecule has 1 aliphatic rings. The highest BCUT2D eigenvalue weighted by Crippen LogP contribution is 2.25. The van der Waals surface area contributed by atoms with Crippen molar-refractivity contribution in [3.8, 4) is 5.69 Å². The van der Waals surface area contributed by atoms with Gasteiger partial charge in [-0.25, -0.2) is 14.4 Å². The van der Waals surface area contributed by atoms with E-state index in [0.29, 0.717) is 5.01 Å². The van der Waals surface area contributed by atoms with Gasteiger partial charge in [-0.2, -0.15) is 26.9 Å². The maximum atomic E-state index is 13.0. The minimum absolute atomic E-state index is 0.00412. The van der Waals surface area contributed by atoms with Crippen LogP contribution in [0.5, 0.6) is 0 Å². The third kappa shape index (κ3) is 6.06. The molecule has 2 aromatic carbocycles. The zero-order valence-electron chi connectivity index (χ0n) is 20.3. The molecular formula is C23H18N4O12S2. The van der Waals surface area contributed by atoms with Crippen molar-refractivity contribution in [2.45, 2.75) is 16.4 Å². The Bertz CT molecular complexity index is 1900. The van der Waals surface area contributed by atoms with Gasteiger partial charge in [-0.05, 0) is 60.7 Å². The van der Waals surface area contributed by atoms with Crippen LogP contribution in [0, 0.1) is 0 Å². The van der Waals surface area contributed by atoms with Crippen LogP contribution in [0.2, 0.25) is 0 Å². The Morgan fingerprint density at radius 3 is 1.95 bits per heavy atom. The van der Waals surface area contributed by atoms with Gasteiger partial charge < -0.3 is 5.11 Å². The van der Waals surface area contributed by atoms with Crippen molar-refractivity contribution < 1.29 is 50.8 Å². The van der Waals surface area contributed by atoms with Crippen LogP contribution in [0.3, 0.4) is 0 Å². The number of aromatic nitrogens is 2. The average Bonchev–Trinajstić information content (AvgIpc) is 3.40. The first-order valence-corrected chi connectivity index (χ1v) is 13.9. The molecule has 3 aromatic rings. The van der Waals surface area contributed by atoms with Gasteiger partial charge in [0.15, 0.2) is 5.71 Å². The number of anilines is 1. The van der Waals surface area contributed by atoms with E-state index in [4.69, 9.17) is 14.4 Å². The van der Waals surface area contributed by atoms with Crippen LogP contribution in [0.1, 0.15) is 11.3 Å². The monoisotopic (exact) mass is 606 g/mol. The number of H-pyrrole nitrogens is 1. The summed E-state index contributed by atoms with van der Waals surface area (Å²) in [6.45, 7) is -0.490. The molecule has 0 saturated carbocycles. The van der Waals surface area contributed by atoms with Crippen LogP contribution < -0.4 is 10.6 Å². The Morgan fingerprint density at radius 2 is 1.46 bits per heavy atom. The van der Waals surface area contributed by atoms with E-state index in [9.17, 15) is 36.3 Å². The Hall–Kier alpha value is -4.72. The molecule has 18 heteroatoms. The number of hydrogen-bond acceptors (Lipinski definition) is 10. The van der Waals surface area contributed by atoms with E-state index in [1.54, 1.807) is 0 Å². The van der Waals surface area contributed by atoms with Crippen molar-refractivity contribution in [1.29, 1.82) is 0 Å². The van der Waals surface area contributed by atoms with E-state index >= 15 is 0 Å². The smallest absolute Gasteiger partial charge is 0.357 e. The number of aliphatic carboxylic acids is 1. The number of aromatic amines is 1. The molecule has 2 heterocycles. The van der Waals surface area contributed by atoms with E-state index < -0.39 is 59.8 Å². The molecule has 41 heavy (non-hydrogen) atoms. The largest absolute Gasteiger partial charge is 0.476 e. The van der Waals surface area contributed by atoms with E-state index in [2.05, 4.69) is 15.1 Å². The highest BCUT2D eigenvalue weighted by atomic mass is 32.2. The Labute approximate surface area is 230 Å². The number of carbonyl (C=O) groups is 2. The number of hydrogen-bond donors (Lipinski definition) is 5. The summed E-state index contributed by atoms with van der Waals surface area (Å²) in [5, 5.41) is 25.6. The Morgan fingerprint density at radius 1 is 0.927 bits per heavy atom. The predicted molar refractivity (Wildman–Crippen MR) is 140 cm³/mol. The molecule has 0 unspecified atom stereocenters. The summed E-state index contributed by atoms with van der Waals surface area (Å²) in [5.41, 5.74) is -1.60. The van der Waals surface area contributed by atoms with E-state index in [0.717, 1.165) is 47.2 Å². The molecule has 4 rings (SSSR count). The molecule has 1 aliphatic heterocycles. The van der Waals surface area contributed by atoms with E-state index in [1.165, 1.54) is 24.3 Å². The lowest BCUT2D eigenvalue weighted by Crippen LogP contribution is -2.22. The van der Waals surface area contributed by atoms with Crippen molar-refractivity contribution in [2.24, 2.45) is 5.10 Å². The number of carboxylic acid groups (broad SMARTS) is 1. The van der Waals surface area contributed by atoms with Gasteiger partial charge >= 0.3 is 5.97 Å². The van der Waals surface area contributed by atoms with Gasteiger partial charge in [0, 0.05) is 0 Å². The first-order chi connectivity index (χ1) is 19.2. The maximum absolute atomic E-state index is 13.0. The number of amides is 1. The molecule has 16 nitrogen and oxygen atoms in total. The van der Waals surface area contributed by atoms with Crippen molar-refractivity contribution in [3.05, 3.63) is 87.9 Å². The van der Waals surface area contributed by atoms with Gasteiger partial charge in [0.1, 0.15) is 6.61 Å². The fourth-order valence-corrected chi connectivity index (χ4v) is 4.65. The van der Waals surface area contributed by atoms with Crippen molar-refractivity contribution in [3.63, 3.8) is 0 Å². The van der Waals surface area contributed by atoms with Crippen LogP contribution >= 0.6 is 0 Å². The van der Waals surface area contributed by atoms with Crippen LogP contribution in [0.25, 0.3) is 11.8 Å². The summed E-state index contributed by atoms with van der Waals surface area (Å²) in [5.74, 6) is -2.45. The van der Waals surface area contributed by atoms with E-state index in [-0.39, 0.29) is 28.2 Å². The fourth-order valence-electron chi connectivity index (χ4n) is 3.69. The van der Waals surface area contributed by atoms with Gasteiger partial charge in [-0.1, -0.05) is 6.08 Å². The van der Waals surface area contributed by atoms with Crippen LogP contribution in [0.15, 0.2) is 85.9 Å². The summed E-state index contributed by atoms with van der Waals surface area (Å²) in [6.07, 6.45) is 3.44. The molecule has 214 valence electrons. The third-order valence-electron chi connectivity index (χ3n) is 5.59. The zero-order chi connectivity index (χ0) is 30.1. The average molecular weight is 607 g/mol. The number of hydrazone groups is 1. The molecule has 0 fully saturated rings. The SMILES string of the molecule is O=C(O)C1=NN(c2ccc(S(=O)(=O)O)cc2)C(=O)/C1=C\C=Cc1c(COO)[nH]n(-c2ccc(S(=O)(=O)O)cc2)c1=O. The van der Waals surface area contributed by atoms with Crippen LogP contribution in [0.4, 0.5) is 5.69 Å². The first kappa shape index (κ1) is 29.3. The molecule has 0 aliphatic carbocycles. The molecule has 0 spiro atoms. The molecule has 1 amide bonds. The molecule has 0 bridgehead atoms. The Balaban J connectivity index is 1.67. The van der Waals surface area contributed by atoms with Crippen LogP contribution in [-0.4, -0.2) is 63.7 Å². The second-order valence-corrected chi connectivity index (χ2v) is 11.0. The van der Waals surface area contributed by atoms with Gasteiger partial charge in [0.25, 0.3) is 31.7 Å². The van der Waals surface area contributed by atoms with Crippen molar-refractivity contribution in [2.75, 3.05) is 5.01 Å². The highest BCUT2D eigenvalue weighted by Gasteiger charge is 2.35. The number of nitrogens with one attached hydrogen (secondary N) is 1. The topological polar surface area (TPSA) is 246 Å². The van der Waals surface area contributed by atoms with E-state index in [1.807, 2.05) is 0 Å². The van der Waals surface area contributed by atoms with Gasteiger partial charge in [0.05, 0.1) is 38.0 Å².